The van der Waals surface area contributed by atoms with Crippen LogP contribution < -0.4 is 5.32 Å². The van der Waals surface area contributed by atoms with Crippen molar-refractivity contribution in [2.45, 2.75) is 32.2 Å². The standard InChI is InChI=1S/C9H15N/c1-3-4-5-6-10-9-7-8(9)2/h1,8-10H,4-7H2,2H3. The third-order valence-corrected chi connectivity index (χ3v) is 2.01. The first-order valence-electron chi connectivity index (χ1n) is 4.01. The maximum absolute atomic E-state index is 5.11. The van der Waals surface area contributed by atoms with Gasteiger partial charge in [-0.1, -0.05) is 6.92 Å². The van der Waals surface area contributed by atoms with Crippen LogP contribution in [0.2, 0.25) is 0 Å². The molecule has 0 aromatic heterocycles. The number of nitrogens with one attached hydrogen (secondary N) is 1. The second-order valence-electron chi connectivity index (χ2n) is 3.08. The molecule has 0 heterocycles. The van der Waals surface area contributed by atoms with E-state index in [-0.39, 0.29) is 0 Å². The molecule has 1 N–H and O–H groups in total. The number of hydrogen-bond acceptors (Lipinski definition) is 1. The second-order valence-corrected chi connectivity index (χ2v) is 3.08. The van der Waals surface area contributed by atoms with Crippen molar-refractivity contribution in [2.24, 2.45) is 5.92 Å². The Bertz CT molecular complexity index is 134. The Morgan fingerprint density at radius 2 is 2.40 bits per heavy atom. The molecule has 1 heteroatoms. The lowest BCUT2D eigenvalue weighted by atomic mass is 10.3. The number of unbranched alkanes of at least 4 members (excludes halogenated alkanes) is 1. The average Bonchev–Trinajstić information content (AvgIpc) is 2.60. The monoisotopic (exact) mass is 137 g/mol. The average molecular weight is 137 g/mol. The molecule has 0 bridgehead atoms. The van der Waals surface area contributed by atoms with Crippen molar-refractivity contribution in [3.05, 3.63) is 0 Å². The summed E-state index contributed by atoms with van der Waals surface area (Å²) in [5.74, 6) is 3.54. The molecular weight excluding hydrogens is 122 g/mol. The van der Waals surface area contributed by atoms with Gasteiger partial charge < -0.3 is 5.32 Å². The molecule has 1 nitrogen and oxygen atoms in total. The maximum Gasteiger partial charge on any atom is 0.00981 e. The van der Waals surface area contributed by atoms with Crippen LogP contribution in [-0.2, 0) is 0 Å². The number of terminal acetylenes is 1. The molecule has 2 unspecified atom stereocenters. The molecule has 1 fully saturated rings. The first-order chi connectivity index (χ1) is 4.84. The van der Waals surface area contributed by atoms with Crippen LogP contribution in [0.25, 0.3) is 0 Å². The van der Waals surface area contributed by atoms with Crippen LogP contribution in [0.15, 0.2) is 0 Å². The molecule has 10 heavy (non-hydrogen) atoms. The summed E-state index contributed by atoms with van der Waals surface area (Å²) in [6.07, 6.45) is 8.50. The van der Waals surface area contributed by atoms with Crippen LogP contribution in [0.4, 0.5) is 0 Å². The second kappa shape index (κ2) is 3.63. The molecule has 0 aromatic carbocycles. The van der Waals surface area contributed by atoms with Crippen molar-refractivity contribution in [1.82, 2.24) is 5.32 Å². The van der Waals surface area contributed by atoms with Gasteiger partial charge in [0.25, 0.3) is 0 Å². The van der Waals surface area contributed by atoms with E-state index in [4.69, 9.17) is 6.42 Å². The highest BCUT2D eigenvalue weighted by Crippen LogP contribution is 2.28. The van der Waals surface area contributed by atoms with E-state index >= 15 is 0 Å². The van der Waals surface area contributed by atoms with Gasteiger partial charge in [0, 0.05) is 12.5 Å². The van der Waals surface area contributed by atoms with Gasteiger partial charge in [-0.15, -0.1) is 12.3 Å². The van der Waals surface area contributed by atoms with E-state index in [1.54, 1.807) is 0 Å². The van der Waals surface area contributed by atoms with Gasteiger partial charge in [-0.05, 0) is 25.3 Å². The number of rotatable bonds is 4. The minimum atomic E-state index is 0.803. The van der Waals surface area contributed by atoms with Crippen LogP contribution in [-0.4, -0.2) is 12.6 Å². The first-order valence-corrected chi connectivity index (χ1v) is 4.01. The fourth-order valence-corrected chi connectivity index (χ4v) is 1.08. The summed E-state index contributed by atoms with van der Waals surface area (Å²) in [4.78, 5) is 0. The topological polar surface area (TPSA) is 12.0 Å². The van der Waals surface area contributed by atoms with Crippen LogP contribution in [0.1, 0.15) is 26.2 Å². The lowest BCUT2D eigenvalue weighted by Crippen LogP contribution is -2.18. The van der Waals surface area contributed by atoms with Gasteiger partial charge in [0.1, 0.15) is 0 Å². The molecule has 0 radical (unpaired) electrons. The zero-order valence-electron chi connectivity index (χ0n) is 6.56. The first kappa shape index (κ1) is 7.63. The van der Waals surface area contributed by atoms with Crippen molar-refractivity contribution in [3.63, 3.8) is 0 Å². The van der Waals surface area contributed by atoms with E-state index in [9.17, 15) is 0 Å². The highest BCUT2D eigenvalue weighted by atomic mass is 15.0. The summed E-state index contributed by atoms with van der Waals surface area (Å²) >= 11 is 0. The zero-order valence-corrected chi connectivity index (χ0v) is 6.56. The Hall–Kier alpha value is -0.480. The minimum absolute atomic E-state index is 0.803. The Kier molecular flexibility index (Phi) is 2.77. The van der Waals surface area contributed by atoms with E-state index in [2.05, 4.69) is 18.2 Å². The summed E-state index contributed by atoms with van der Waals surface area (Å²) in [5, 5.41) is 3.45. The van der Waals surface area contributed by atoms with E-state index in [0.29, 0.717) is 0 Å². The van der Waals surface area contributed by atoms with E-state index < -0.39 is 0 Å². The van der Waals surface area contributed by atoms with Gasteiger partial charge in [-0.25, -0.2) is 0 Å². The van der Waals surface area contributed by atoms with Crippen molar-refractivity contribution >= 4 is 0 Å². The summed E-state index contributed by atoms with van der Waals surface area (Å²) in [6.45, 7) is 3.37. The van der Waals surface area contributed by atoms with Gasteiger partial charge in [0.2, 0.25) is 0 Å². The van der Waals surface area contributed by atoms with E-state index in [0.717, 1.165) is 31.3 Å². The van der Waals surface area contributed by atoms with Crippen molar-refractivity contribution in [1.29, 1.82) is 0 Å². The molecule has 1 rings (SSSR count). The maximum atomic E-state index is 5.11. The van der Waals surface area contributed by atoms with Gasteiger partial charge in [-0.3, -0.25) is 0 Å². The highest BCUT2D eigenvalue weighted by Gasteiger charge is 2.31. The molecule has 1 aliphatic rings. The smallest absolute Gasteiger partial charge is 0.00981 e. The van der Waals surface area contributed by atoms with Crippen LogP contribution in [0, 0.1) is 18.3 Å². The lowest BCUT2D eigenvalue weighted by Gasteiger charge is -1.98. The Morgan fingerprint density at radius 1 is 1.70 bits per heavy atom. The zero-order chi connectivity index (χ0) is 7.40. The summed E-state index contributed by atoms with van der Waals surface area (Å²) < 4.78 is 0. The van der Waals surface area contributed by atoms with Crippen molar-refractivity contribution < 1.29 is 0 Å². The van der Waals surface area contributed by atoms with Crippen LogP contribution >= 0.6 is 0 Å². The molecular formula is C9H15N. The predicted octanol–water partition coefficient (Wildman–Crippen LogP) is 1.40. The quantitative estimate of drug-likeness (QED) is 0.456. The van der Waals surface area contributed by atoms with Crippen molar-refractivity contribution in [3.8, 4) is 12.3 Å². The molecule has 2 atom stereocenters. The third kappa shape index (κ3) is 2.41. The van der Waals surface area contributed by atoms with Crippen molar-refractivity contribution in [2.75, 3.05) is 6.54 Å². The fraction of sp³-hybridized carbons (Fsp3) is 0.778. The highest BCUT2D eigenvalue weighted by molar-refractivity contribution is 4.90. The molecule has 1 saturated carbocycles. The molecule has 56 valence electrons. The van der Waals surface area contributed by atoms with Gasteiger partial charge >= 0.3 is 0 Å². The van der Waals surface area contributed by atoms with Gasteiger partial charge in [-0.2, -0.15) is 0 Å². The molecule has 0 amide bonds. The number of hydrogen-bond donors (Lipinski definition) is 1. The molecule has 0 aliphatic heterocycles. The SMILES string of the molecule is C#CCCCNC1CC1C. The molecule has 0 spiro atoms. The summed E-state index contributed by atoms with van der Waals surface area (Å²) in [5.41, 5.74) is 0. The molecule has 0 aromatic rings. The normalized spacial score (nSPS) is 29.6. The van der Waals surface area contributed by atoms with Gasteiger partial charge in [0.15, 0.2) is 0 Å². The Balaban J connectivity index is 1.83. The van der Waals surface area contributed by atoms with E-state index in [1.807, 2.05) is 0 Å². The Labute approximate surface area is 63.2 Å². The largest absolute Gasteiger partial charge is 0.314 e. The van der Waals surface area contributed by atoms with Crippen LogP contribution in [0.5, 0.6) is 0 Å². The van der Waals surface area contributed by atoms with Gasteiger partial charge in [0.05, 0.1) is 0 Å². The molecule has 0 saturated heterocycles. The predicted molar refractivity (Wildman–Crippen MR) is 43.6 cm³/mol. The lowest BCUT2D eigenvalue weighted by molar-refractivity contribution is 0.629. The fourth-order valence-electron chi connectivity index (χ4n) is 1.08. The molecule has 1 aliphatic carbocycles. The van der Waals surface area contributed by atoms with Crippen LogP contribution in [0.3, 0.4) is 0 Å². The Morgan fingerprint density at radius 3 is 2.90 bits per heavy atom. The summed E-state index contributed by atoms with van der Waals surface area (Å²) in [6, 6.07) is 0.803. The third-order valence-electron chi connectivity index (χ3n) is 2.01. The summed E-state index contributed by atoms with van der Waals surface area (Å²) in [7, 11) is 0. The minimum Gasteiger partial charge on any atom is -0.314 e. The van der Waals surface area contributed by atoms with E-state index in [1.165, 1.54) is 6.42 Å².